The van der Waals surface area contributed by atoms with Gasteiger partial charge in [-0.2, -0.15) is 0 Å². The quantitative estimate of drug-likeness (QED) is 0.892. The number of pyridine rings is 1. The summed E-state index contributed by atoms with van der Waals surface area (Å²) < 4.78 is 5.26. The van der Waals surface area contributed by atoms with Gasteiger partial charge in [0, 0.05) is 6.20 Å². The predicted octanol–water partition coefficient (Wildman–Crippen LogP) is 3.10. The highest BCUT2D eigenvalue weighted by molar-refractivity contribution is 5.38. The van der Waals surface area contributed by atoms with Crippen molar-refractivity contribution < 1.29 is 4.74 Å². The molecule has 2 aromatic rings. The highest BCUT2D eigenvalue weighted by atomic mass is 16.5. The van der Waals surface area contributed by atoms with Crippen molar-refractivity contribution in [2.24, 2.45) is 0 Å². The molecule has 100 valence electrons. The van der Waals surface area contributed by atoms with Crippen molar-refractivity contribution in [1.29, 1.82) is 0 Å². The van der Waals surface area contributed by atoms with Gasteiger partial charge in [-0.1, -0.05) is 31.2 Å². The van der Waals surface area contributed by atoms with E-state index in [2.05, 4.69) is 48.4 Å². The van der Waals surface area contributed by atoms with Crippen LogP contribution in [0.5, 0.6) is 5.75 Å². The van der Waals surface area contributed by atoms with Crippen LogP contribution in [0.4, 0.5) is 0 Å². The zero-order valence-corrected chi connectivity index (χ0v) is 11.7. The van der Waals surface area contributed by atoms with Crippen molar-refractivity contribution >= 4 is 0 Å². The van der Waals surface area contributed by atoms with Gasteiger partial charge < -0.3 is 10.1 Å². The van der Waals surface area contributed by atoms with E-state index < -0.39 is 0 Å². The molecule has 19 heavy (non-hydrogen) atoms. The van der Waals surface area contributed by atoms with Gasteiger partial charge in [0.1, 0.15) is 5.75 Å². The van der Waals surface area contributed by atoms with Gasteiger partial charge in [0.2, 0.25) is 0 Å². The fourth-order valence-corrected chi connectivity index (χ4v) is 2.23. The van der Waals surface area contributed by atoms with Gasteiger partial charge in [-0.05, 0) is 36.2 Å². The molecule has 0 radical (unpaired) electrons. The average molecular weight is 256 g/mol. The molecule has 1 aromatic heterocycles. The Morgan fingerprint density at radius 1 is 1.26 bits per heavy atom. The van der Waals surface area contributed by atoms with E-state index in [9.17, 15) is 0 Å². The number of aromatic nitrogens is 1. The second kappa shape index (κ2) is 6.34. The summed E-state index contributed by atoms with van der Waals surface area (Å²) in [6.45, 7) is 5.14. The number of aryl methyl sites for hydroxylation is 1. The first-order valence-electron chi connectivity index (χ1n) is 6.54. The average Bonchev–Trinajstić information content (AvgIpc) is 2.46. The molecule has 3 heteroatoms. The molecule has 0 aliphatic carbocycles. The van der Waals surface area contributed by atoms with Gasteiger partial charge >= 0.3 is 0 Å². The van der Waals surface area contributed by atoms with Crippen LogP contribution in [-0.4, -0.2) is 18.6 Å². The van der Waals surface area contributed by atoms with E-state index in [1.807, 2.05) is 12.3 Å². The first kappa shape index (κ1) is 13.6. The molecule has 1 unspecified atom stereocenters. The van der Waals surface area contributed by atoms with Crippen LogP contribution in [0.15, 0.2) is 42.7 Å². The summed E-state index contributed by atoms with van der Waals surface area (Å²) in [5.74, 6) is 0.786. The summed E-state index contributed by atoms with van der Waals surface area (Å²) >= 11 is 0. The van der Waals surface area contributed by atoms with Gasteiger partial charge in [0.25, 0.3) is 0 Å². The summed E-state index contributed by atoms with van der Waals surface area (Å²) in [5, 5.41) is 3.51. The third-order valence-corrected chi connectivity index (χ3v) is 3.21. The Morgan fingerprint density at radius 2 is 2.05 bits per heavy atom. The van der Waals surface area contributed by atoms with E-state index in [-0.39, 0.29) is 6.04 Å². The van der Waals surface area contributed by atoms with Gasteiger partial charge in [0.15, 0.2) is 0 Å². The molecule has 1 N–H and O–H groups in total. The largest absolute Gasteiger partial charge is 0.495 e. The molecule has 0 aliphatic heterocycles. The fraction of sp³-hybridized carbons (Fsp3) is 0.312. The summed E-state index contributed by atoms with van der Waals surface area (Å²) in [7, 11) is 1.66. The molecule has 2 rings (SSSR count). The zero-order chi connectivity index (χ0) is 13.7. The molecule has 0 amide bonds. The van der Waals surface area contributed by atoms with E-state index in [1.54, 1.807) is 13.3 Å². The normalized spacial score (nSPS) is 12.2. The monoisotopic (exact) mass is 256 g/mol. The van der Waals surface area contributed by atoms with Crippen LogP contribution in [0, 0.1) is 6.92 Å². The standard InChI is InChI=1S/C16H20N2O/c1-4-18-16(15-8-6-5-7-12(15)2)13-9-14(19-3)11-17-10-13/h5-11,16,18H,4H2,1-3H3. The lowest BCUT2D eigenvalue weighted by Crippen LogP contribution is -2.22. The third-order valence-electron chi connectivity index (χ3n) is 3.21. The van der Waals surface area contributed by atoms with Crippen LogP contribution in [-0.2, 0) is 0 Å². The van der Waals surface area contributed by atoms with Gasteiger partial charge in [-0.3, -0.25) is 4.98 Å². The zero-order valence-electron chi connectivity index (χ0n) is 11.7. The Labute approximate surface area is 114 Å². The second-order valence-electron chi connectivity index (χ2n) is 4.51. The first-order valence-corrected chi connectivity index (χ1v) is 6.54. The molecule has 0 aliphatic rings. The number of nitrogens with one attached hydrogen (secondary N) is 1. The van der Waals surface area contributed by atoms with E-state index in [0.717, 1.165) is 17.9 Å². The molecule has 1 heterocycles. The van der Waals surface area contributed by atoms with Crippen LogP contribution in [0.1, 0.15) is 29.7 Å². The van der Waals surface area contributed by atoms with Gasteiger partial charge in [0.05, 0.1) is 19.3 Å². The molecule has 3 nitrogen and oxygen atoms in total. The van der Waals surface area contributed by atoms with Gasteiger partial charge in [-0.25, -0.2) is 0 Å². The molecule has 1 atom stereocenters. The Hall–Kier alpha value is -1.87. The number of methoxy groups -OCH3 is 1. The number of nitrogens with zero attached hydrogens (tertiary/aromatic N) is 1. The van der Waals surface area contributed by atoms with Crippen molar-refractivity contribution in [3.05, 3.63) is 59.4 Å². The maximum atomic E-state index is 5.26. The maximum Gasteiger partial charge on any atom is 0.137 e. The van der Waals surface area contributed by atoms with E-state index in [0.29, 0.717) is 0 Å². The Balaban J connectivity index is 2.42. The molecular weight excluding hydrogens is 236 g/mol. The number of ether oxygens (including phenoxy) is 1. The smallest absolute Gasteiger partial charge is 0.137 e. The molecule has 0 bridgehead atoms. The number of benzene rings is 1. The minimum atomic E-state index is 0.147. The Morgan fingerprint density at radius 3 is 2.74 bits per heavy atom. The molecule has 0 fully saturated rings. The number of hydrogen-bond acceptors (Lipinski definition) is 3. The van der Waals surface area contributed by atoms with E-state index >= 15 is 0 Å². The van der Waals surface area contributed by atoms with Gasteiger partial charge in [-0.15, -0.1) is 0 Å². The molecule has 0 saturated heterocycles. The summed E-state index contributed by atoms with van der Waals surface area (Å²) in [6, 6.07) is 10.6. The van der Waals surface area contributed by atoms with E-state index in [1.165, 1.54) is 11.1 Å². The lowest BCUT2D eigenvalue weighted by Gasteiger charge is -2.21. The van der Waals surface area contributed by atoms with Crippen molar-refractivity contribution in [1.82, 2.24) is 10.3 Å². The van der Waals surface area contributed by atoms with Crippen molar-refractivity contribution in [3.63, 3.8) is 0 Å². The summed E-state index contributed by atoms with van der Waals surface area (Å²) in [6.07, 6.45) is 3.62. The maximum absolute atomic E-state index is 5.26. The Bertz CT molecular complexity index is 540. The lowest BCUT2D eigenvalue weighted by molar-refractivity contribution is 0.411. The van der Waals surface area contributed by atoms with E-state index in [4.69, 9.17) is 4.74 Å². The predicted molar refractivity (Wildman–Crippen MR) is 77.5 cm³/mol. The fourth-order valence-electron chi connectivity index (χ4n) is 2.23. The topological polar surface area (TPSA) is 34.2 Å². The Kier molecular flexibility index (Phi) is 4.53. The summed E-state index contributed by atoms with van der Waals surface area (Å²) in [4.78, 5) is 4.25. The minimum absolute atomic E-state index is 0.147. The summed E-state index contributed by atoms with van der Waals surface area (Å²) in [5.41, 5.74) is 3.67. The van der Waals surface area contributed by atoms with Crippen LogP contribution >= 0.6 is 0 Å². The van der Waals surface area contributed by atoms with Crippen LogP contribution in [0.25, 0.3) is 0 Å². The minimum Gasteiger partial charge on any atom is -0.495 e. The molecule has 0 spiro atoms. The highest BCUT2D eigenvalue weighted by Crippen LogP contribution is 2.26. The molecule has 1 aromatic carbocycles. The first-order chi connectivity index (χ1) is 9.26. The number of rotatable bonds is 5. The molecular formula is C16H20N2O. The van der Waals surface area contributed by atoms with Crippen LogP contribution < -0.4 is 10.1 Å². The SMILES string of the molecule is CCNC(c1cncc(OC)c1)c1ccccc1C. The second-order valence-corrected chi connectivity index (χ2v) is 4.51. The van der Waals surface area contributed by atoms with Crippen LogP contribution in [0.3, 0.4) is 0 Å². The lowest BCUT2D eigenvalue weighted by atomic mass is 9.96. The third kappa shape index (κ3) is 3.12. The number of hydrogen-bond donors (Lipinski definition) is 1. The molecule has 0 saturated carbocycles. The van der Waals surface area contributed by atoms with Crippen molar-refractivity contribution in [2.75, 3.05) is 13.7 Å². The van der Waals surface area contributed by atoms with Crippen molar-refractivity contribution in [3.8, 4) is 5.75 Å². The van der Waals surface area contributed by atoms with Crippen molar-refractivity contribution in [2.45, 2.75) is 19.9 Å². The highest BCUT2D eigenvalue weighted by Gasteiger charge is 2.15. The van der Waals surface area contributed by atoms with Crippen LogP contribution in [0.2, 0.25) is 0 Å².